The molecule has 0 unspecified atom stereocenters. The van der Waals surface area contributed by atoms with Crippen LogP contribution >= 0.6 is 0 Å². The molecule has 3 fully saturated rings. The third kappa shape index (κ3) is 2.77. The maximum Gasteiger partial charge on any atom is 0.328 e. The molecule has 2 bridgehead atoms. The van der Waals surface area contributed by atoms with Crippen LogP contribution in [0.2, 0.25) is 0 Å². The van der Waals surface area contributed by atoms with E-state index in [0.29, 0.717) is 12.3 Å². The summed E-state index contributed by atoms with van der Waals surface area (Å²) in [6, 6.07) is 8.65. The van der Waals surface area contributed by atoms with Crippen LogP contribution in [0.5, 0.6) is 0 Å². The van der Waals surface area contributed by atoms with Gasteiger partial charge in [0, 0.05) is 23.2 Å². The number of nitrogens with zero attached hydrogens (tertiary/aromatic N) is 1. The molecular weight excluding hydrogens is 408 g/mol. The Hall–Kier alpha value is -2.79. The van der Waals surface area contributed by atoms with Gasteiger partial charge < -0.3 is 5.11 Å². The van der Waals surface area contributed by atoms with E-state index in [1.807, 2.05) is 24.3 Å². The Balaban J connectivity index is 1.55. The fraction of sp³-hybridized carbons (Fsp3) is 0.370. The van der Waals surface area contributed by atoms with Gasteiger partial charge in [-0.05, 0) is 91.0 Å². The first kappa shape index (κ1) is 18.8. The molecule has 1 heterocycles. The Bertz CT molecular complexity index is 1230. The molecule has 7 rings (SSSR count). The van der Waals surface area contributed by atoms with Gasteiger partial charge >= 0.3 is 5.97 Å². The maximum atomic E-state index is 15.7. The van der Waals surface area contributed by atoms with Crippen LogP contribution in [0.1, 0.15) is 62.2 Å². The lowest BCUT2D eigenvalue weighted by Crippen LogP contribution is -2.71. The van der Waals surface area contributed by atoms with Gasteiger partial charge in [0.05, 0.1) is 7.39 Å². The van der Waals surface area contributed by atoms with Crippen LogP contribution in [-0.2, 0) is 11.2 Å². The summed E-state index contributed by atoms with van der Waals surface area (Å²) in [7, 11) is 0. The highest BCUT2D eigenvalue weighted by atomic mass is 19.1. The van der Waals surface area contributed by atoms with E-state index in [0.717, 1.165) is 66.2 Å². The molecule has 2 atom stereocenters. The van der Waals surface area contributed by atoms with Crippen molar-refractivity contribution in [2.75, 3.05) is 0 Å². The molecule has 0 saturated heterocycles. The highest BCUT2D eigenvalue weighted by Gasteiger charge is 2.63. The topological polar surface area (TPSA) is 40.5 Å². The predicted octanol–water partition coefficient (Wildman–Crippen LogP) is 5.76. The second-order valence-electron chi connectivity index (χ2n) is 9.80. The summed E-state index contributed by atoms with van der Waals surface area (Å²) in [5.41, 5.74) is 3.74. The van der Waals surface area contributed by atoms with Crippen molar-refractivity contribution in [2.45, 2.75) is 56.6 Å². The third-order valence-electron chi connectivity index (χ3n) is 7.78. The van der Waals surface area contributed by atoms with Gasteiger partial charge in [0.1, 0.15) is 11.6 Å². The number of halogens is 2. The summed E-state index contributed by atoms with van der Waals surface area (Å²) in [6.07, 6.45) is 6.25. The average molecular weight is 435 g/mol. The van der Waals surface area contributed by atoms with Crippen LogP contribution < -0.4 is 0 Å². The first-order chi connectivity index (χ1) is 15.7. The number of carboxylic acid groups (broad SMARTS) is 1. The minimum atomic E-state index is -1.65. The summed E-state index contributed by atoms with van der Waals surface area (Å²) in [5, 5.41) is 8.88. The van der Waals surface area contributed by atoms with Crippen molar-refractivity contribution in [2.24, 2.45) is 5.92 Å². The monoisotopic (exact) mass is 434 g/mol. The number of carbonyl (C=O) groups is 1. The molecule has 5 heteroatoms. The van der Waals surface area contributed by atoms with Gasteiger partial charge in [0.2, 0.25) is 0 Å². The van der Waals surface area contributed by atoms with Gasteiger partial charge in [-0.1, -0.05) is 24.3 Å². The van der Waals surface area contributed by atoms with E-state index in [2.05, 4.69) is 11.8 Å². The van der Waals surface area contributed by atoms with E-state index >= 15 is 8.78 Å². The number of hydrogen-bond donors (Lipinski definition) is 1. The van der Waals surface area contributed by atoms with Crippen molar-refractivity contribution in [3.63, 3.8) is 0 Å². The molecule has 3 nitrogen and oxygen atoms in total. The van der Waals surface area contributed by atoms with Crippen molar-refractivity contribution in [1.82, 2.24) is 4.90 Å². The second-order valence-corrected chi connectivity index (χ2v) is 9.80. The van der Waals surface area contributed by atoms with Crippen LogP contribution in [0, 0.1) is 17.6 Å². The molecule has 0 aromatic heterocycles. The molecule has 3 saturated carbocycles. The molecule has 4 aliphatic carbocycles. The largest absolute Gasteiger partial charge is 0.478 e. The Morgan fingerprint density at radius 2 is 1.91 bits per heavy atom. The van der Waals surface area contributed by atoms with Crippen LogP contribution in [0.3, 0.4) is 0 Å². The second kappa shape index (κ2) is 6.85. The summed E-state index contributed by atoms with van der Waals surface area (Å²) in [6.45, 7) is 2.08. The average Bonchev–Trinajstić information content (AvgIpc) is 3.06. The van der Waals surface area contributed by atoms with E-state index < -0.39 is 23.6 Å². The van der Waals surface area contributed by atoms with Gasteiger partial charge in [-0.25, -0.2) is 13.6 Å². The van der Waals surface area contributed by atoms with Crippen molar-refractivity contribution >= 4 is 17.6 Å². The maximum absolute atomic E-state index is 15.7. The number of aliphatic carboxylic acids is 1. The van der Waals surface area contributed by atoms with Gasteiger partial charge in [0.25, 0.3) is 0 Å². The molecule has 2 aromatic rings. The van der Waals surface area contributed by atoms with Gasteiger partial charge in [-0.3, -0.25) is 4.90 Å². The summed E-state index contributed by atoms with van der Waals surface area (Å²) >= 11 is 0. The molecule has 5 aliphatic rings. The molecule has 1 aliphatic heterocycles. The van der Waals surface area contributed by atoms with Crippen LogP contribution in [0.4, 0.5) is 8.78 Å². The Kier molecular flexibility index (Phi) is 4.01. The van der Waals surface area contributed by atoms with E-state index in [1.165, 1.54) is 6.08 Å². The summed E-state index contributed by atoms with van der Waals surface area (Å²) in [4.78, 5) is 13.0. The number of rotatable bonds is 4. The number of carboxylic acids is 1. The van der Waals surface area contributed by atoms with Gasteiger partial charge in [0.15, 0.2) is 0 Å². The zero-order valence-electron chi connectivity index (χ0n) is 18.9. The van der Waals surface area contributed by atoms with Gasteiger partial charge in [-0.2, -0.15) is 0 Å². The zero-order chi connectivity index (χ0) is 23.1. The molecule has 1 N–H and O–H groups in total. The SMILES string of the molecule is [2H][C@@]1(c2c(F)cc(/C=C/C(=O)O)cc2F)C2=C(C[C@@H](C)N1C13CC(C1)C3)c1ccccc1C2. The summed E-state index contributed by atoms with van der Waals surface area (Å²) < 4.78 is 41.2. The molecule has 0 radical (unpaired) electrons. The van der Waals surface area contributed by atoms with E-state index in [-0.39, 0.29) is 22.7 Å². The fourth-order valence-electron chi connectivity index (χ4n) is 6.43. The zero-order valence-corrected chi connectivity index (χ0v) is 17.9. The molecule has 32 heavy (non-hydrogen) atoms. The third-order valence-corrected chi connectivity index (χ3v) is 7.78. The Morgan fingerprint density at radius 1 is 1.22 bits per heavy atom. The van der Waals surface area contributed by atoms with Crippen molar-refractivity contribution in [1.29, 1.82) is 0 Å². The summed E-state index contributed by atoms with van der Waals surface area (Å²) in [5.74, 6) is -2.13. The lowest BCUT2D eigenvalue weighted by atomic mass is 9.48. The minimum absolute atomic E-state index is 0.0287. The lowest BCUT2D eigenvalue weighted by molar-refractivity contribution is -0.173. The fourth-order valence-corrected chi connectivity index (χ4v) is 6.43. The highest BCUT2D eigenvalue weighted by molar-refractivity contribution is 5.85. The Morgan fingerprint density at radius 3 is 2.53 bits per heavy atom. The molecular formula is C27H25F2NO2. The minimum Gasteiger partial charge on any atom is -0.478 e. The van der Waals surface area contributed by atoms with Crippen molar-refractivity contribution in [3.05, 3.63) is 81.9 Å². The van der Waals surface area contributed by atoms with Gasteiger partial charge in [-0.15, -0.1) is 0 Å². The molecule has 164 valence electrons. The van der Waals surface area contributed by atoms with Crippen LogP contribution in [-0.4, -0.2) is 27.6 Å². The Labute approximate surface area is 187 Å². The quantitative estimate of drug-likeness (QED) is 0.622. The first-order valence-corrected chi connectivity index (χ1v) is 11.2. The number of benzene rings is 2. The standard InChI is InChI=1S/C27H25F2NO2/c1-15-8-20-19-5-3-2-4-18(19)11-21(20)26(30(15)27-12-17(13-27)14-27)25-22(28)9-16(10-23(25)29)6-7-24(31)32/h2-7,9-10,15,17,26H,8,11-14H2,1H3,(H,31,32)/b7-6+/t15-,17?,26+,27?/m1/s1/i26D. The van der Waals surface area contributed by atoms with E-state index in [9.17, 15) is 6.17 Å². The molecule has 2 aromatic carbocycles. The van der Waals surface area contributed by atoms with E-state index in [1.54, 1.807) is 0 Å². The van der Waals surface area contributed by atoms with Crippen LogP contribution in [0.15, 0.2) is 48.0 Å². The smallest absolute Gasteiger partial charge is 0.328 e. The number of fused-ring (bicyclic) bond motifs is 2. The predicted molar refractivity (Wildman–Crippen MR) is 119 cm³/mol. The van der Waals surface area contributed by atoms with Crippen LogP contribution in [0.25, 0.3) is 11.6 Å². The molecule has 0 amide bonds. The molecule has 0 spiro atoms. The first-order valence-electron chi connectivity index (χ1n) is 11.7. The van der Waals surface area contributed by atoms with E-state index in [4.69, 9.17) is 5.11 Å². The normalized spacial score (nSPS) is 33.4. The number of hydrogen-bond acceptors (Lipinski definition) is 2. The highest BCUT2D eigenvalue weighted by Crippen LogP contribution is 2.65. The lowest BCUT2D eigenvalue weighted by Gasteiger charge is -2.70. The van der Waals surface area contributed by atoms with Crippen molar-refractivity contribution < 1.29 is 20.1 Å². The van der Waals surface area contributed by atoms with Crippen molar-refractivity contribution in [3.8, 4) is 0 Å².